The zero-order valence-electron chi connectivity index (χ0n) is 39.0. The Morgan fingerprint density at radius 2 is 0.743 bits per heavy atom. The third-order valence-corrected chi connectivity index (χ3v) is 10.1. The van der Waals surface area contributed by atoms with Crippen molar-refractivity contribution in [1.29, 1.82) is 0 Å². The molecular formula is C48H64F3N7O12. The van der Waals surface area contributed by atoms with E-state index in [1.807, 2.05) is 78.9 Å². The number of halogens is 3. The number of hydrogen-bond acceptors (Lipinski definition) is 11. The fourth-order valence-corrected chi connectivity index (χ4v) is 7.05. The topological polar surface area (TPSA) is 316 Å². The minimum absolute atomic E-state index is 0.0692. The Balaban J connectivity index is 0.00000222. The highest BCUT2D eigenvalue weighted by Crippen LogP contribution is 2.13. The van der Waals surface area contributed by atoms with Crippen molar-refractivity contribution < 1.29 is 72.0 Å². The van der Waals surface area contributed by atoms with Crippen LogP contribution in [0.3, 0.4) is 0 Å². The van der Waals surface area contributed by atoms with Crippen LogP contribution in [0.1, 0.15) is 75.5 Å². The number of carboxylic acid groups (broad SMARTS) is 2. The lowest BCUT2D eigenvalue weighted by Crippen LogP contribution is -2.47. The van der Waals surface area contributed by atoms with Gasteiger partial charge < -0.3 is 58.1 Å². The van der Waals surface area contributed by atoms with Gasteiger partial charge in [0.25, 0.3) is 0 Å². The highest BCUT2D eigenvalue weighted by molar-refractivity contribution is 5.84. The molecule has 6 amide bonds. The van der Waals surface area contributed by atoms with Crippen molar-refractivity contribution in [2.45, 2.75) is 127 Å². The maximum Gasteiger partial charge on any atom is 0.490 e. The Bertz CT molecular complexity index is 2120. The van der Waals surface area contributed by atoms with Crippen LogP contribution in [0, 0.1) is 0 Å². The number of aliphatic carboxylic acids is 2. The number of amides is 6. The summed E-state index contributed by atoms with van der Waals surface area (Å²) in [5, 5.41) is 52.6. The van der Waals surface area contributed by atoms with Crippen molar-refractivity contribution in [2.24, 2.45) is 5.73 Å². The summed E-state index contributed by atoms with van der Waals surface area (Å²) in [6.07, 6.45) is -5.34. The van der Waals surface area contributed by atoms with E-state index in [4.69, 9.17) is 15.6 Å². The van der Waals surface area contributed by atoms with Crippen LogP contribution in [0.2, 0.25) is 0 Å². The van der Waals surface area contributed by atoms with Crippen LogP contribution in [0.25, 0.3) is 0 Å². The van der Waals surface area contributed by atoms with Gasteiger partial charge in [-0.15, -0.1) is 0 Å². The first-order valence-corrected chi connectivity index (χ1v) is 22.4. The van der Waals surface area contributed by atoms with Crippen LogP contribution in [0.15, 0.2) is 91.0 Å². The minimum Gasteiger partial charge on any atom is -0.481 e. The van der Waals surface area contributed by atoms with Gasteiger partial charge in [-0.1, -0.05) is 91.0 Å². The predicted octanol–water partition coefficient (Wildman–Crippen LogP) is 1.42. The number of nitrogens with one attached hydrogen (secondary N) is 6. The van der Waals surface area contributed by atoms with Crippen molar-refractivity contribution in [3.8, 4) is 0 Å². The van der Waals surface area contributed by atoms with Crippen molar-refractivity contribution in [2.75, 3.05) is 13.2 Å². The van der Waals surface area contributed by atoms with Crippen LogP contribution >= 0.6 is 0 Å². The zero-order chi connectivity index (χ0) is 52.2. The van der Waals surface area contributed by atoms with Gasteiger partial charge in [-0.25, -0.2) is 4.79 Å². The lowest BCUT2D eigenvalue weighted by Gasteiger charge is -2.23. The minimum atomic E-state index is -5.08. The molecule has 22 heteroatoms. The quantitative estimate of drug-likeness (QED) is 0.0491. The van der Waals surface area contributed by atoms with Gasteiger partial charge in [0.15, 0.2) is 0 Å². The SMILES string of the molecule is C[C@@H](CC(=O)N[C@@H](CO)CC(=O)N[C@H](CC(=O)N[C@@H](C)CC(=O)N[C@@H](CO)CC(=O)N[C@H](CC(=O)O)Cc1ccccc1)Cc1ccccc1)NC(=O)C[C@@H](N)Cc1ccccc1.O=C(O)C(F)(F)F. The lowest BCUT2D eigenvalue weighted by atomic mass is 10.0. The highest BCUT2D eigenvalue weighted by Gasteiger charge is 2.38. The van der Waals surface area contributed by atoms with Crippen molar-refractivity contribution in [1.82, 2.24) is 31.9 Å². The van der Waals surface area contributed by atoms with Gasteiger partial charge in [-0.2, -0.15) is 13.2 Å². The predicted molar refractivity (Wildman–Crippen MR) is 249 cm³/mol. The Kier molecular flexibility index (Phi) is 26.4. The molecule has 0 unspecified atom stereocenters. The third-order valence-electron chi connectivity index (χ3n) is 10.1. The molecule has 384 valence electrons. The molecule has 3 aromatic carbocycles. The monoisotopic (exact) mass is 987 g/mol. The standard InChI is InChI=1S/C46H63N7O10.C2HF3O2/c1-30(48-42(58)23-35(47)20-32-12-6-3-7-13-32)18-40(56)52-38(28-54)25-44(60)50-36(21-33-14-8-4-9-15-33)24-43(59)49-31(2)19-41(57)53-39(29-55)26-45(61)51-37(27-46(62)63)22-34-16-10-5-11-17-34;3-2(4,5)1(6)7/h3-17,30-31,35-39,54-55H,18-29,47H2,1-2H3,(H,48,58)(H,49,59)(H,50,60)(H,51,61)(H,52,56)(H,53,57)(H,62,63);(H,6,7)/t30-,31-,35-,36-,37-,38+,39+;/m0./s1. The second kappa shape index (κ2) is 31.3. The first-order valence-electron chi connectivity index (χ1n) is 22.4. The van der Waals surface area contributed by atoms with Crippen LogP contribution < -0.4 is 37.6 Å². The summed E-state index contributed by atoms with van der Waals surface area (Å²) in [5.41, 5.74) is 8.83. The van der Waals surface area contributed by atoms with E-state index < -0.39 is 103 Å². The number of carbonyl (C=O) groups is 8. The molecule has 0 aliphatic heterocycles. The van der Waals surface area contributed by atoms with Crippen LogP contribution in [-0.2, 0) is 57.6 Å². The van der Waals surface area contributed by atoms with Crippen LogP contribution in [0.4, 0.5) is 13.2 Å². The largest absolute Gasteiger partial charge is 0.490 e. The Morgan fingerprint density at radius 1 is 0.457 bits per heavy atom. The molecule has 3 rings (SSSR count). The summed E-state index contributed by atoms with van der Waals surface area (Å²) in [4.78, 5) is 97.9. The fourth-order valence-electron chi connectivity index (χ4n) is 7.05. The Hall–Kier alpha value is -6.91. The van der Waals surface area contributed by atoms with Gasteiger partial charge >= 0.3 is 18.1 Å². The second-order valence-corrected chi connectivity index (χ2v) is 16.8. The molecule has 19 nitrogen and oxygen atoms in total. The molecule has 12 N–H and O–H groups in total. The molecule has 0 heterocycles. The molecule has 0 radical (unpaired) electrons. The first-order chi connectivity index (χ1) is 33.0. The summed E-state index contributed by atoms with van der Waals surface area (Å²) >= 11 is 0. The molecule has 7 atom stereocenters. The van der Waals surface area contributed by atoms with Gasteiger partial charge in [-0.3, -0.25) is 33.6 Å². The van der Waals surface area contributed by atoms with Gasteiger partial charge in [-0.05, 0) is 49.8 Å². The van der Waals surface area contributed by atoms with Gasteiger partial charge in [0.05, 0.1) is 31.7 Å². The van der Waals surface area contributed by atoms with Gasteiger partial charge in [0, 0.05) is 68.7 Å². The average Bonchev–Trinajstić information content (AvgIpc) is 3.26. The second-order valence-electron chi connectivity index (χ2n) is 16.8. The number of benzene rings is 3. The molecule has 0 fully saturated rings. The maximum atomic E-state index is 13.2. The molecule has 3 aromatic rings. The van der Waals surface area contributed by atoms with E-state index in [0.717, 1.165) is 16.7 Å². The van der Waals surface area contributed by atoms with E-state index in [9.17, 15) is 62.1 Å². The molecule has 0 spiro atoms. The summed E-state index contributed by atoms with van der Waals surface area (Å²) in [6.45, 7) is 2.16. The third kappa shape index (κ3) is 26.6. The summed E-state index contributed by atoms with van der Waals surface area (Å²) in [5.74, 6) is -6.74. The maximum absolute atomic E-state index is 13.2. The molecule has 70 heavy (non-hydrogen) atoms. The van der Waals surface area contributed by atoms with E-state index in [1.165, 1.54) is 0 Å². The molecule has 0 saturated carbocycles. The molecule has 0 aliphatic carbocycles. The summed E-state index contributed by atoms with van der Waals surface area (Å²) in [7, 11) is 0. The Morgan fingerprint density at radius 3 is 1.09 bits per heavy atom. The van der Waals surface area contributed by atoms with Crippen LogP contribution in [-0.4, -0.2) is 129 Å². The molecule has 0 aliphatic rings. The zero-order valence-corrected chi connectivity index (χ0v) is 39.0. The molecule has 0 bridgehead atoms. The number of aliphatic hydroxyl groups excluding tert-OH is 2. The van der Waals surface area contributed by atoms with E-state index in [0.29, 0.717) is 6.42 Å². The number of alkyl halides is 3. The Labute approximate surface area is 403 Å². The summed E-state index contributed by atoms with van der Waals surface area (Å²) < 4.78 is 31.7. The molecular weight excluding hydrogens is 924 g/mol. The van der Waals surface area contributed by atoms with E-state index >= 15 is 0 Å². The molecule has 0 aromatic heterocycles. The fraction of sp³-hybridized carbons (Fsp3) is 0.458. The number of carbonyl (C=O) groups excluding carboxylic acids is 6. The van der Waals surface area contributed by atoms with Gasteiger partial charge in [0.2, 0.25) is 35.4 Å². The number of aliphatic hydroxyl groups is 2. The van der Waals surface area contributed by atoms with Crippen molar-refractivity contribution >= 4 is 47.4 Å². The lowest BCUT2D eigenvalue weighted by molar-refractivity contribution is -0.192. The normalized spacial score (nSPS) is 14.0. The van der Waals surface area contributed by atoms with E-state index in [2.05, 4.69) is 31.9 Å². The summed E-state index contributed by atoms with van der Waals surface area (Å²) in [6, 6.07) is 22.8. The van der Waals surface area contributed by atoms with Crippen LogP contribution in [0.5, 0.6) is 0 Å². The van der Waals surface area contributed by atoms with E-state index in [-0.39, 0.29) is 63.7 Å². The first kappa shape index (κ1) is 59.2. The number of rotatable bonds is 28. The smallest absolute Gasteiger partial charge is 0.481 e. The average molecular weight is 988 g/mol. The number of nitrogens with two attached hydrogens (primary N) is 1. The molecule has 0 saturated heterocycles. The van der Waals surface area contributed by atoms with Crippen molar-refractivity contribution in [3.63, 3.8) is 0 Å². The highest BCUT2D eigenvalue weighted by atomic mass is 19.4. The number of carboxylic acids is 2. The van der Waals surface area contributed by atoms with Crippen molar-refractivity contribution in [3.05, 3.63) is 108 Å². The van der Waals surface area contributed by atoms with Gasteiger partial charge in [0.1, 0.15) is 0 Å². The number of hydrogen-bond donors (Lipinski definition) is 11. The van der Waals surface area contributed by atoms with E-state index in [1.54, 1.807) is 26.0 Å².